The minimum Gasteiger partial charge on any atom is -0.489 e. The first-order valence-electron chi connectivity index (χ1n) is 14.0. The SMILES string of the molecule is COC(=O)c1cc(OC(C)C)c2nc(C[C@@H]3CCC(OCc4c(-c5c(Cl)cccc5Cl)noc4C4CC4)C3)sc2c1. The molecule has 2 saturated carbocycles. The third-order valence-corrected chi connectivity index (χ3v) is 9.33. The van der Waals surface area contributed by atoms with Gasteiger partial charge >= 0.3 is 5.97 Å². The molecule has 0 amide bonds. The molecular formula is C31H32Cl2N2O5S. The van der Waals surface area contributed by atoms with Gasteiger partial charge in [-0.3, -0.25) is 0 Å². The number of nitrogens with zero attached hydrogens (tertiary/aromatic N) is 2. The van der Waals surface area contributed by atoms with Crippen molar-refractivity contribution in [1.82, 2.24) is 10.1 Å². The Morgan fingerprint density at radius 2 is 1.93 bits per heavy atom. The molecule has 4 aromatic rings. The van der Waals surface area contributed by atoms with Crippen molar-refractivity contribution in [2.75, 3.05) is 7.11 Å². The van der Waals surface area contributed by atoms with Gasteiger partial charge in [-0.1, -0.05) is 34.4 Å². The van der Waals surface area contributed by atoms with Crippen LogP contribution < -0.4 is 4.74 Å². The number of hydrogen-bond acceptors (Lipinski definition) is 8. The van der Waals surface area contributed by atoms with Crippen molar-refractivity contribution in [3.63, 3.8) is 0 Å². The fraction of sp³-hybridized carbons (Fsp3) is 0.452. The summed E-state index contributed by atoms with van der Waals surface area (Å²) in [5, 5.41) is 6.51. The van der Waals surface area contributed by atoms with Gasteiger partial charge < -0.3 is 18.7 Å². The van der Waals surface area contributed by atoms with Gasteiger partial charge in [0, 0.05) is 23.5 Å². The first-order valence-corrected chi connectivity index (χ1v) is 15.6. The molecule has 2 atom stereocenters. The predicted octanol–water partition coefficient (Wildman–Crippen LogP) is 8.64. The molecule has 0 bridgehead atoms. The molecule has 10 heteroatoms. The second kappa shape index (κ2) is 11.9. The molecule has 0 aliphatic heterocycles. The molecule has 2 heterocycles. The average molecular weight is 616 g/mol. The molecule has 0 spiro atoms. The van der Waals surface area contributed by atoms with Crippen LogP contribution >= 0.6 is 34.5 Å². The largest absolute Gasteiger partial charge is 0.489 e. The molecule has 1 unspecified atom stereocenters. The van der Waals surface area contributed by atoms with E-state index in [0.717, 1.165) is 65.1 Å². The quantitative estimate of drug-likeness (QED) is 0.165. The van der Waals surface area contributed by atoms with Crippen molar-refractivity contribution < 1.29 is 23.5 Å². The summed E-state index contributed by atoms with van der Waals surface area (Å²) in [6.45, 7) is 4.33. The topological polar surface area (TPSA) is 83.7 Å². The Kier molecular flexibility index (Phi) is 8.28. The van der Waals surface area contributed by atoms with E-state index in [-0.39, 0.29) is 18.2 Å². The van der Waals surface area contributed by atoms with E-state index in [2.05, 4.69) is 5.16 Å². The Labute approximate surface area is 253 Å². The van der Waals surface area contributed by atoms with Crippen LogP contribution in [0.3, 0.4) is 0 Å². The van der Waals surface area contributed by atoms with Gasteiger partial charge in [0.2, 0.25) is 0 Å². The summed E-state index contributed by atoms with van der Waals surface area (Å²) in [4.78, 5) is 17.2. The standard InChI is InChI=1S/C31H32Cl2N2O5S/c1-16(2)39-24-13-19(31(36)37-3)14-25-29(24)34-26(41-25)12-17-7-10-20(11-17)38-15-21-28(35-40-30(21)18-8-9-18)27-22(32)5-4-6-23(27)33/h4-6,13-14,16-18,20H,7-12,15H2,1-3H3/t17-,20?/m1/s1. The van der Waals surface area contributed by atoms with E-state index in [4.69, 9.17) is 46.9 Å². The Morgan fingerprint density at radius 1 is 1.15 bits per heavy atom. The van der Waals surface area contributed by atoms with Crippen LogP contribution in [0, 0.1) is 5.92 Å². The van der Waals surface area contributed by atoms with E-state index in [1.54, 1.807) is 17.4 Å². The lowest BCUT2D eigenvalue weighted by Crippen LogP contribution is -2.10. The highest BCUT2D eigenvalue weighted by Crippen LogP contribution is 2.46. The first-order chi connectivity index (χ1) is 19.8. The zero-order chi connectivity index (χ0) is 28.7. The number of ether oxygens (including phenoxy) is 3. The summed E-state index contributed by atoms with van der Waals surface area (Å²) >= 11 is 14.6. The number of aromatic nitrogens is 2. The monoisotopic (exact) mass is 614 g/mol. The highest BCUT2D eigenvalue weighted by molar-refractivity contribution is 7.18. The van der Waals surface area contributed by atoms with Crippen molar-refractivity contribution in [1.29, 1.82) is 0 Å². The van der Waals surface area contributed by atoms with Gasteiger partial charge in [0.25, 0.3) is 0 Å². The van der Waals surface area contributed by atoms with Crippen LogP contribution in [0.4, 0.5) is 0 Å². The van der Waals surface area contributed by atoms with Crippen LogP contribution in [0.15, 0.2) is 34.9 Å². The van der Waals surface area contributed by atoms with Crippen LogP contribution in [-0.2, 0) is 22.5 Å². The summed E-state index contributed by atoms with van der Waals surface area (Å²) in [5.74, 6) is 1.96. The van der Waals surface area contributed by atoms with Gasteiger partial charge in [0.15, 0.2) is 0 Å². The molecule has 2 aliphatic rings. The third-order valence-electron chi connectivity index (χ3n) is 7.67. The normalized spacial score (nSPS) is 18.9. The van der Waals surface area contributed by atoms with E-state index < -0.39 is 0 Å². The second-order valence-corrected chi connectivity index (χ2v) is 13.1. The maximum atomic E-state index is 12.2. The predicted molar refractivity (Wildman–Crippen MR) is 160 cm³/mol. The van der Waals surface area contributed by atoms with Gasteiger partial charge in [-0.05, 0) is 76.1 Å². The first kappa shape index (κ1) is 28.5. The molecule has 2 fully saturated rings. The fourth-order valence-electron chi connectivity index (χ4n) is 5.57. The van der Waals surface area contributed by atoms with Gasteiger partial charge in [-0.2, -0.15) is 0 Å². The van der Waals surface area contributed by atoms with Crippen LogP contribution in [0.5, 0.6) is 5.75 Å². The Balaban J connectivity index is 1.15. The van der Waals surface area contributed by atoms with Crippen LogP contribution in [0.1, 0.15) is 78.6 Å². The number of hydrogen-bond donors (Lipinski definition) is 0. The summed E-state index contributed by atoms with van der Waals surface area (Å²) in [6, 6.07) is 9.02. The Hall–Kier alpha value is -2.65. The van der Waals surface area contributed by atoms with Gasteiger partial charge in [0.1, 0.15) is 22.7 Å². The molecule has 0 saturated heterocycles. The lowest BCUT2D eigenvalue weighted by Gasteiger charge is -2.13. The number of methoxy groups -OCH3 is 1. The van der Waals surface area contributed by atoms with Crippen molar-refractivity contribution in [2.24, 2.45) is 5.92 Å². The molecular weight excluding hydrogens is 583 g/mol. The molecule has 0 radical (unpaired) electrons. The smallest absolute Gasteiger partial charge is 0.338 e. The lowest BCUT2D eigenvalue weighted by molar-refractivity contribution is 0.0424. The van der Waals surface area contributed by atoms with Crippen molar-refractivity contribution in [2.45, 2.75) is 77.1 Å². The second-order valence-electron chi connectivity index (χ2n) is 11.1. The molecule has 6 rings (SSSR count). The summed E-state index contributed by atoms with van der Waals surface area (Å²) < 4.78 is 24.1. The van der Waals surface area contributed by atoms with Crippen LogP contribution in [0.2, 0.25) is 10.0 Å². The van der Waals surface area contributed by atoms with E-state index >= 15 is 0 Å². The molecule has 216 valence electrons. The maximum absolute atomic E-state index is 12.2. The number of halogens is 2. The summed E-state index contributed by atoms with van der Waals surface area (Å²) in [5.41, 5.74) is 3.59. The fourth-order valence-corrected chi connectivity index (χ4v) is 7.29. The highest BCUT2D eigenvalue weighted by Gasteiger charge is 2.34. The van der Waals surface area contributed by atoms with E-state index in [1.807, 2.05) is 38.1 Å². The number of thiazole rings is 1. The van der Waals surface area contributed by atoms with Crippen molar-refractivity contribution in [3.8, 4) is 17.0 Å². The number of esters is 1. The molecule has 2 aromatic carbocycles. The van der Waals surface area contributed by atoms with Gasteiger partial charge in [-0.25, -0.2) is 9.78 Å². The summed E-state index contributed by atoms with van der Waals surface area (Å²) in [6.07, 6.45) is 6.13. The Morgan fingerprint density at radius 3 is 2.63 bits per heavy atom. The maximum Gasteiger partial charge on any atom is 0.338 e. The Bertz CT molecular complexity index is 1560. The molecule has 7 nitrogen and oxygen atoms in total. The third kappa shape index (κ3) is 6.12. The zero-order valence-electron chi connectivity index (χ0n) is 23.2. The molecule has 2 aliphatic carbocycles. The zero-order valence-corrected chi connectivity index (χ0v) is 25.6. The lowest BCUT2D eigenvalue weighted by atomic mass is 10.0. The summed E-state index contributed by atoms with van der Waals surface area (Å²) in [7, 11) is 1.38. The van der Waals surface area contributed by atoms with E-state index in [0.29, 0.717) is 51.1 Å². The molecule has 0 N–H and O–H groups in total. The number of fused-ring (bicyclic) bond motifs is 1. The number of rotatable bonds is 10. The van der Waals surface area contributed by atoms with Crippen LogP contribution in [0.25, 0.3) is 21.5 Å². The van der Waals surface area contributed by atoms with Gasteiger partial charge in [0.05, 0.1) is 51.2 Å². The highest BCUT2D eigenvalue weighted by atomic mass is 35.5. The van der Waals surface area contributed by atoms with Crippen molar-refractivity contribution >= 4 is 50.7 Å². The van der Waals surface area contributed by atoms with E-state index in [1.165, 1.54) is 7.11 Å². The van der Waals surface area contributed by atoms with Crippen LogP contribution in [-0.4, -0.2) is 35.4 Å². The molecule has 2 aromatic heterocycles. The van der Waals surface area contributed by atoms with Gasteiger partial charge in [-0.15, -0.1) is 11.3 Å². The number of benzene rings is 2. The molecule has 41 heavy (non-hydrogen) atoms. The van der Waals surface area contributed by atoms with Crippen molar-refractivity contribution in [3.05, 3.63) is 62.3 Å². The number of carbonyl (C=O) groups is 1. The average Bonchev–Trinajstić information content (AvgIpc) is 3.33. The minimum absolute atomic E-state index is 0.0377. The number of carbonyl (C=O) groups excluding carboxylic acids is 1. The van der Waals surface area contributed by atoms with E-state index in [9.17, 15) is 4.79 Å². The minimum atomic E-state index is -0.385.